The first kappa shape index (κ1) is 17.0. The van der Waals surface area contributed by atoms with Crippen LogP contribution in [0.3, 0.4) is 0 Å². The third-order valence-electron chi connectivity index (χ3n) is 5.18. The summed E-state index contributed by atoms with van der Waals surface area (Å²) in [6.07, 6.45) is 8.78. The first-order chi connectivity index (χ1) is 12.8. The topological polar surface area (TPSA) is 61.3 Å². The maximum atomic E-state index is 4.71. The van der Waals surface area contributed by atoms with Crippen molar-refractivity contribution in [2.75, 3.05) is 54.0 Å². The van der Waals surface area contributed by atoms with Crippen LogP contribution < -0.4 is 14.7 Å². The second kappa shape index (κ2) is 7.85. The molecule has 2 fully saturated rings. The van der Waals surface area contributed by atoms with Crippen molar-refractivity contribution in [1.29, 1.82) is 0 Å². The van der Waals surface area contributed by atoms with E-state index in [1.165, 1.54) is 25.7 Å². The van der Waals surface area contributed by atoms with Crippen molar-refractivity contribution in [1.82, 2.24) is 19.9 Å². The van der Waals surface area contributed by atoms with E-state index in [2.05, 4.69) is 30.7 Å². The highest BCUT2D eigenvalue weighted by molar-refractivity contribution is 5.52. The summed E-state index contributed by atoms with van der Waals surface area (Å²) in [5.74, 6) is 3.81. The molecule has 0 spiro atoms. The number of anilines is 3. The average molecular weight is 353 g/mol. The molecule has 7 heteroatoms. The molecule has 26 heavy (non-hydrogen) atoms. The van der Waals surface area contributed by atoms with Crippen molar-refractivity contribution >= 4 is 17.6 Å². The molecular formula is C19H27N7. The van der Waals surface area contributed by atoms with Crippen molar-refractivity contribution in [3.63, 3.8) is 0 Å². The summed E-state index contributed by atoms with van der Waals surface area (Å²) in [5, 5.41) is 0. The van der Waals surface area contributed by atoms with Gasteiger partial charge in [0.15, 0.2) is 0 Å². The Balaban J connectivity index is 1.46. The van der Waals surface area contributed by atoms with Crippen molar-refractivity contribution in [3.8, 4) is 0 Å². The molecule has 2 aromatic heterocycles. The highest BCUT2D eigenvalue weighted by Gasteiger charge is 2.21. The fraction of sp³-hybridized carbons (Fsp3) is 0.579. The molecule has 0 amide bonds. The molecule has 2 aromatic rings. The zero-order valence-electron chi connectivity index (χ0n) is 15.5. The molecule has 0 unspecified atom stereocenters. The van der Waals surface area contributed by atoms with Gasteiger partial charge in [-0.3, -0.25) is 0 Å². The Morgan fingerprint density at radius 1 is 0.692 bits per heavy atom. The predicted molar refractivity (Wildman–Crippen MR) is 104 cm³/mol. The standard InChI is InChI=1S/C19H27N7/c1-16-22-17(24-9-4-2-3-5-10-24)15-18(23-16)25-11-13-26(14-12-25)19-20-7-6-8-21-19/h6-8,15H,2-5,9-14H2,1H3. The third kappa shape index (κ3) is 3.86. The molecule has 0 radical (unpaired) electrons. The van der Waals surface area contributed by atoms with E-state index in [1.807, 2.05) is 13.0 Å². The number of aryl methyl sites for hydroxylation is 1. The Labute approximate surface area is 155 Å². The van der Waals surface area contributed by atoms with Crippen molar-refractivity contribution in [3.05, 3.63) is 30.4 Å². The monoisotopic (exact) mass is 353 g/mol. The normalized spacial score (nSPS) is 18.7. The summed E-state index contributed by atoms with van der Waals surface area (Å²) in [5.41, 5.74) is 0. The van der Waals surface area contributed by atoms with E-state index in [-0.39, 0.29) is 0 Å². The molecule has 4 rings (SSSR count). The number of hydrogen-bond acceptors (Lipinski definition) is 7. The smallest absolute Gasteiger partial charge is 0.225 e. The molecule has 0 atom stereocenters. The van der Waals surface area contributed by atoms with Crippen LogP contribution in [0.15, 0.2) is 24.5 Å². The minimum absolute atomic E-state index is 0.816. The molecule has 0 aliphatic carbocycles. The lowest BCUT2D eigenvalue weighted by molar-refractivity contribution is 0.632. The number of nitrogens with zero attached hydrogens (tertiary/aromatic N) is 7. The van der Waals surface area contributed by atoms with E-state index >= 15 is 0 Å². The second-order valence-electron chi connectivity index (χ2n) is 7.06. The van der Waals surface area contributed by atoms with Crippen molar-refractivity contribution < 1.29 is 0 Å². The fourth-order valence-corrected chi connectivity index (χ4v) is 3.75. The highest BCUT2D eigenvalue weighted by Crippen LogP contribution is 2.23. The van der Waals surface area contributed by atoms with Gasteiger partial charge in [-0.2, -0.15) is 0 Å². The lowest BCUT2D eigenvalue weighted by Crippen LogP contribution is -2.47. The molecule has 0 bridgehead atoms. The number of hydrogen-bond donors (Lipinski definition) is 0. The van der Waals surface area contributed by atoms with E-state index in [4.69, 9.17) is 9.97 Å². The molecule has 0 N–H and O–H groups in total. The van der Waals surface area contributed by atoms with Gasteiger partial charge in [-0.15, -0.1) is 0 Å². The molecule has 138 valence electrons. The minimum Gasteiger partial charge on any atom is -0.356 e. The van der Waals surface area contributed by atoms with Gasteiger partial charge >= 0.3 is 0 Å². The third-order valence-corrected chi connectivity index (χ3v) is 5.18. The Bertz CT molecular complexity index is 705. The molecule has 7 nitrogen and oxygen atoms in total. The lowest BCUT2D eigenvalue weighted by atomic mass is 10.2. The maximum absolute atomic E-state index is 4.71. The van der Waals surface area contributed by atoms with Crippen LogP contribution in [0.4, 0.5) is 17.6 Å². The van der Waals surface area contributed by atoms with Crippen LogP contribution in [0, 0.1) is 6.92 Å². The fourth-order valence-electron chi connectivity index (χ4n) is 3.75. The summed E-state index contributed by atoms with van der Waals surface area (Å²) in [6.45, 7) is 7.88. The number of piperazine rings is 1. The minimum atomic E-state index is 0.816. The summed E-state index contributed by atoms with van der Waals surface area (Å²) in [6, 6.07) is 4.03. The van der Waals surface area contributed by atoms with Crippen LogP contribution in [0.25, 0.3) is 0 Å². The van der Waals surface area contributed by atoms with E-state index in [1.54, 1.807) is 12.4 Å². The molecule has 4 heterocycles. The van der Waals surface area contributed by atoms with E-state index in [0.29, 0.717) is 0 Å². The largest absolute Gasteiger partial charge is 0.356 e. The van der Waals surface area contributed by atoms with Gasteiger partial charge < -0.3 is 14.7 Å². The molecule has 0 saturated carbocycles. The Morgan fingerprint density at radius 2 is 1.23 bits per heavy atom. The molecule has 2 aliphatic heterocycles. The Morgan fingerprint density at radius 3 is 1.85 bits per heavy atom. The van der Waals surface area contributed by atoms with Crippen molar-refractivity contribution in [2.45, 2.75) is 32.6 Å². The van der Waals surface area contributed by atoms with E-state index in [9.17, 15) is 0 Å². The summed E-state index contributed by atoms with van der Waals surface area (Å²) < 4.78 is 0. The maximum Gasteiger partial charge on any atom is 0.225 e. The zero-order chi connectivity index (χ0) is 17.8. The predicted octanol–water partition coefficient (Wildman–Crippen LogP) is 2.28. The van der Waals surface area contributed by atoms with Crippen LogP contribution in [-0.2, 0) is 0 Å². The van der Waals surface area contributed by atoms with E-state index < -0.39 is 0 Å². The van der Waals surface area contributed by atoms with Gasteiger partial charge in [0.05, 0.1) is 0 Å². The number of rotatable bonds is 3. The summed E-state index contributed by atoms with van der Waals surface area (Å²) in [7, 11) is 0. The second-order valence-corrected chi connectivity index (χ2v) is 7.06. The highest BCUT2D eigenvalue weighted by atomic mass is 15.3. The summed E-state index contributed by atoms with van der Waals surface area (Å²) in [4.78, 5) is 25.2. The molecule has 0 aromatic carbocycles. The zero-order valence-corrected chi connectivity index (χ0v) is 15.5. The van der Waals surface area contributed by atoms with Gasteiger partial charge in [0.1, 0.15) is 17.5 Å². The molecule has 2 aliphatic rings. The van der Waals surface area contributed by atoms with Crippen LogP contribution in [0.2, 0.25) is 0 Å². The number of aromatic nitrogens is 4. The van der Waals surface area contributed by atoms with Crippen molar-refractivity contribution in [2.24, 2.45) is 0 Å². The lowest BCUT2D eigenvalue weighted by Gasteiger charge is -2.35. The van der Waals surface area contributed by atoms with E-state index in [0.717, 1.165) is 62.7 Å². The Kier molecular flexibility index (Phi) is 5.13. The quantitative estimate of drug-likeness (QED) is 0.839. The SMILES string of the molecule is Cc1nc(N2CCCCCC2)cc(N2CCN(c3ncccn3)CC2)n1. The first-order valence-corrected chi connectivity index (χ1v) is 9.67. The van der Waals surface area contributed by atoms with Crippen LogP contribution in [-0.4, -0.2) is 59.2 Å². The molecular weight excluding hydrogens is 326 g/mol. The molecule has 2 saturated heterocycles. The van der Waals surface area contributed by atoms with Gasteiger partial charge in [-0.05, 0) is 25.8 Å². The van der Waals surface area contributed by atoms with Gasteiger partial charge in [-0.1, -0.05) is 12.8 Å². The van der Waals surface area contributed by atoms with Crippen LogP contribution in [0.1, 0.15) is 31.5 Å². The van der Waals surface area contributed by atoms with Crippen LogP contribution in [0.5, 0.6) is 0 Å². The van der Waals surface area contributed by atoms with Gasteiger partial charge in [-0.25, -0.2) is 19.9 Å². The van der Waals surface area contributed by atoms with Gasteiger partial charge in [0.2, 0.25) is 5.95 Å². The van der Waals surface area contributed by atoms with Gasteiger partial charge in [0.25, 0.3) is 0 Å². The summed E-state index contributed by atoms with van der Waals surface area (Å²) >= 11 is 0. The first-order valence-electron chi connectivity index (χ1n) is 9.67. The Hall–Kier alpha value is -2.44. The van der Waals surface area contributed by atoms with Gasteiger partial charge in [0, 0.05) is 57.7 Å². The van der Waals surface area contributed by atoms with Crippen LogP contribution >= 0.6 is 0 Å². The average Bonchev–Trinajstić information content (AvgIpc) is 2.98.